The summed E-state index contributed by atoms with van der Waals surface area (Å²) < 4.78 is 0. The molecule has 0 saturated carbocycles. The van der Waals surface area contributed by atoms with Crippen molar-refractivity contribution in [2.75, 3.05) is 0 Å². The highest BCUT2D eigenvalue weighted by molar-refractivity contribution is 5.28. The third kappa shape index (κ3) is 1.08. The van der Waals surface area contributed by atoms with Gasteiger partial charge >= 0.3 is 0 Å². The lowest BCUT2D eigenvalue weighted by molar-refractivity contribution is 0.517. The Morgan fingerprint density at radius 3 is 2.50 bits per heavy atom. The lowest BCUT2D eigenvalue weighted by Crippen LogP contribution is -2.15. The highest BCUT2D eigenvalue weighted by atomic mass is 14.6. The summed E-state index contributed by atoms with van der Waals surface area (Å²) in [7, 11) is 0. The molecule has 0 aromatic carbocycles. The van der Waals surface area contributed by atoms with Gasteiger partial charge in [0.1, 0.15) is 0 Å². The van der Waals surface area contributed by atoms with Crippen LogP contribution in [-0.4, -0.2) is 0 Å². The number of hydrogen-bond donors (Lipinski definition) is 1. The predicted molar refractivity (Wildman–Crippen MR) is 44.4 cm³/mol. The molecule has 1 heteroatoms. The smallest absolute Gasteiger partial charge is 0.0302 e. The first-order valence-electron chi connectivity index (χ1n) is 3.77. The summed E-state index contributed by atoms with van der Waals surface area (Å²) in [6, 6.07) is 0. The molecule has 0 aromatic rings. The second-order valence-electron chi connectivity index (χ2n) is 3.15. The topological polar surface area (TPSA) is 26.0 Å². The summed E-state index contributed by atoms with van der Waals surface area (Å²) in [5.74, 6) is 1.26. The van der Waals surface area contributed by atoms with Crippen LogP contribution in [0.25, 0.3) is 0 Å². The highest BCUT2D eigenvalue weighted by Crippen LogP contribution is 2.26. The largest absolute Gasteiger partial charge is 0.399 e. The molecule has 1 unspecified atom stereocenters. The molecule has 2 N–H and O–H groups in total. The average Bonchev–Trinajstić information content (AvgIpc) is 1.93. The van der Waals surface area contributed by atoms with Crippen LogP contribution in [-0.2, 0) is 0 Å². The van der Waals surface area contributed by atoms with Crippen LogP contribution in [0.3, 0.4) is 0 Å². The minimum atomic E-state index is 0.616. The van der Waals surface area contributed by atoms with Gasteiger partial charge in [-0.2, -0.15) is 0 Å². The van der Waals surface area contributed by atoms with Crippen molar-refractivity contribution >= 4 is 0 Å². The molecule has 10 heavy (non-hydrogen) atoms. The monoisotopic (exact) mass is 137 g/mol. The molecule has 1 rings (SSSR count). The molecule has 0 radical (unpaired) electrons. The van der Waals surface area contributed by atoms with Gasteiger partial charge in [0.2, 0.25) is 0 Å². The van der Waals surface area contributed by atoms with Gasteiger partial charge in [0, 0.05) is 5.70 Å². The predicted octanol–water partition coefficient (Wildman–Crippen LogP) is 2.06. The van der Waals surface area contributed by atoms with Crippen LogP contribution >= 0.6 is 0 Å². The lowest BCUT2D eigenvalue weighted by Gasteiger charge is -2.22. The van der Waals surface area contributed by atoms with Crippen LogP contribution in [0.2, 0.25) is 0 Å². The Labute approximate surface area is 62.6 Å². The van der Waals surface area contributed by atoms with E-state index in [0.717, 1.165) is 5.70 Å². The molecule has 0 heterocycles. The number of nitrogens with two attached hydrogens (primary N) is 1. The van der Waals surface area contributed by atoms with Crippen LogP contribution in [0, 0.1) is 11.8 Å². The standard InChI is InChI=1S/C9H15N/c1-6-4-5-9(10)8(3)7(6)2/h4-7H,10H2,1-3H3/t6-,7?/m0/s1. The van der Waals surface area contributed by atoms with Crippen molar-refractivity contribution in [2.24, 2.45) is 17.6 Å². The first kappa shape index (κ1) is 7.39. The maximum Gasteiger partial charge on any atom is 0.0302 e. The van der Waals surface area contributed by atoms with Crippen molar-refractivity contribution in [2.45, 2.75) is 20.8 Å². The van der Waals surface area contributed by atoms with Crippen molar-refractivity contribution in [3.8, 4) is 0 Å². The molecule has 0 aromatic heterocycles. The molecule has 0 fully saturated rings. The zero-order valence-electron chi connectivity index (χ0n) is 6.89. The molecule has 0 bridgehead atoms. The molecule has 56 valence electrons. The molecule has 0 aliphatic heterocycles. The van der Waals surface area contributed by atoms with Crippen molar-refractivity contribution in [1.82, 2.24) is 0 Å². The van der Waals surface area contributed by atoms with Crippen molar-refractivity contribution in [3.63, 3.8) is 0 Å². The fraction of sp³-hybridized carbons (Fsp3) is 0.556. The van der Waals surface area contributed by atoms with E-state index >= 15 is 0 Å². The van der Waals surface area contributed by atoms with Crippen LogP contribution in [0.1, 0.15) is 20.8 Å². The molecular formula is C9H15N. The maximum atomic E-state index is 5.72. The van der Waals surface area contributed by atoms with Crippen LogP contribution < -0.4 is 5.73 Å². The summed E-state index contributed by atoms with van der Waals surface area (Å²) in [5.41, 5.74) is 8.00. The Hall–Kier alpha value is -0.720. The summed E-state index contributed by atoms with van der Waals surface area (Å²) in [6.07, 6.45) is 4.19. The Bertz CT molecular complexity index is 189. The maximum absolute atomic E-state index is 5.72. The van der Waals surface area contributed by atoms with Gasteiger partial charge in [-0.05, 0) is 30.4 Å². The fourth-order valence-electron chi connectivity index (χ4n) is 1.21. The Balaban J connectivity index is 2.88. The third-order valence-corrected chi connectivity index (χ3v) is 2.51. The average molecular weight is 137 g/mol. The summed E-state index contributed by atoms with van der Waals surface area (Å²) in [5, 5.41) is 0. The SMILES string of the molecule is CC1=C(N)C=C[C@H](C)C1C. The number of rotatable bonds is 0. The quantitative estimate of drug-likeness (QED) is 0.543. The van der Waals surface area contributed by atoms with E-state index in [1.807, 2.05) is 6.08 Å². The molecule has 1 nitrogen and oxygen atoms in total. The zero-order valence-corrected chi connectivity index (χ0v) is 6.89. The zero-order chi connectivity index (χ0) is 7.72. The van der Waals surface area contributed by atoms with Gasteiger partial charge in [0.25, 0.3) is 0 Å². The van der Waals surface area contributed by atoms with Gasteiger partial charge in [0.05, 0.1) is 0 Å². The Morgan fingerprint density at radius 1 is 1.40 bits per heavy atom. The Kier molecular flexibility index (Phi) is 1.84. The molecule has 2 atom stereocenters. The summed E-state index contributed by atoms with van der Waals surface area (Å²) in [4.78, 5) is 0. The van der Waals surface area contributed by atoms with E-state index in [2.05, 4.69) is 26.8 Å². The van der Waals surface area contributed by atoms with E-state index in [9.17, 15) is 0 Å². The van der Waals surface area contributed by atoms with Gasteiger partial charge in [-0.25, -0.2) is 0 Å². The van der Waals surface area contributed by atoms with E-state index in [4.69, 9.17) is 5.73 Å². The van der Waals surface area contributed by atoms with E-state index in [1.165, 1.54) is 5.57 Å². The van der Waals surface area contributed by atoms with Gasteiger partial charge in [-0.1, -0.05) is 19.9 Å². The van der Waals surface area contributed by atoms with Crippen molar-refractivity contribution in [1.29, 1.82) is 0 Å². The van der Waals surface area contributed by atoms with Crippen LogP contribution in [0.15, 0.2) is 23.4 Å². The van der Waals surface area contributed by atoms with Gasteiger partial charge in [-0.3, -0.25) is 0 Å². The number of allylic oxidation sites excluding steroid dienone is 3. The molecule has 0 amide bonds. The second-order valence-corrected chi connectivity index (χ2v) is 3.15. The third-order valence-electron chi connectivity index (χ3n) is 2.51. The highest BCUT2D eigenvalue weighted by Gasteiger charge is 2.16. The molecule has 0 spiro atoms. The summed E-state index contributed by atoms with van der Waals surface area (Å²) >= 11 is 0. The summed E-state index contributed by atoms with van der Waals surface area (Å²) in [6.45, 7) is 6.55. The van der Waals surface area contributed by atoms with Gasteiger partial charge in [-0.15, -0.1) is 0 Å². The van der Waals surface area contributed by atoms with E-state index < -0.39 is 0 Å². The molecule has 1 aliphatic carbocycles. The molecule has 1 aliphatic rings. The molecule has 0 saturated heterocycles. The van der Waals surface area contributed by atoms with E-state index in [1.54, 1.807) is 0 Å². The normalized spacial score (nSPS) is 33.1. The van der Waals surface area contributed by atoms with Crippen molar-refractivity contribution < 1.29 is 0 Å². The van der Waals surface area contributed by atoms with E-state index in [-0.39, 0.29) is 0 Å². The first-order chi connectivity index (χ1) is 4.63. The first-order valence-corrected chi connectivity index (χ1v) is 3.77. The van der Waals surface area contributed by atoms with Crippen LogP contribution in [0.5, 0.6) is 0 Å². The minimum absolute atomic E-state index is 0.616. The van der Waals surface area contributed by atoms with Gasteiger partial charge < -0.3 is 5.73 Å². The van der Waals surface area contributed by atoms with Gasteiger partial charge in [0.15, 0.2) is 0 Å². The van der Waals surface area contributed by atoms with Crippen LogP contribution in [0.4, 0.5) is 0 Å². The van der Waals surface area contributed by atoms with E-state index in [0.29, 0.717) is 11.8 Å². The second kappa shape index (κ2) is 2.49. The fourth-order valence-corrected chi connectivity index (χ4v) is 1.21. The Morgan fingerprint density at radius 2 is 2.00 bits per heavy atom. The molecular weight excluding hydrogens is 122 g/mol. The van der Waals surface area contributed by atoms with Crippen molar-refractivity contribution in [3.05, 3.63) is 23.4 Å². The number of hydrogen-bond acceptors (Lipinski definition) is 1. The lowest BCUT2D eigenvalue weighted by atomic mass is 9.84. The minimum Gasteiger partial charge on any atom is -0.399 e.